The minimum atomic E-state index is 0.266. The largest absolute Gasteiger partial charge is 0.716 e. The predicted octanol–water partition coefficient (Wildman–Crippen LogP) is 0.985. The van der Waals surface area contributed by atoms with Gasteiger partial charge in [0.05, 0.1) is 6.61 Å². The first-order valence-electron chi connectivity index (χ1n) is 4.10. The van der Waals surface area contributed by atoms with Gasteiger partial charge in [-0.15, -0.1) is 0 Å². The van der Waals surface area contributed by atoms with E-state index in [-0.39, 0.29) is 5.23 Å². The van der Waals surface area contributed by atoms with Crippen LogP contribution < -0.4 is 4.68 Å². The van der Waals surface area contributed by atoms with Gasteiger partial charge in [0.1, 0.15) is 5.23 Å². The molecule has 1 aromatic rings. The van der Waals surface area contributed by atoms with Gasteiger partial charge in [-0.05, 0) is 13.0 Å². The summed E-state index contributed by atoms with van der Waals surface area (Å²) in [5, 5.41) is 4.34. The maximum atomic E-state index is 5.04. The van der Waals surface area contributed by atoms with Gasteiger partial charge in [-0.25, -0.2) is 0 Å². The molecule has 4 heteroatoms. The highest BCUT2D eigenvalue weighted by atomic mass is 32.1. The molecule has 0 atom stereocenters. The van der Waals surface area contributed by atoms with Crippen LogP contribution in [0, 0.1) is 6.92 Å². The lowest BCUT2D eigenvalue weighted by Gasteiger charge is -2.06. The van der Waals surface area contributed by atoms with Gasteiger partial charge in [0.15, 0.2) is 0 Å². The third-order valence-electron chi connectivity index (χ3n) is 1.49. The molecule has 0 amide bonds. The number of nitrogens with zero attached hydrogens (tertiary/aromatic N) is 2. The minimum absolute atomic E-state index is 0.266. The molecule has 0 fully saturated rings. The summed E-state index contributed by atoms with van der Waals surface area (Å²) in [6, 6.07) is 5.80. The summed E-state index contributed by atoms with van der Waals surface area (Å²) in [4.78, 5) is 0. The second-order valence-corrected chi connectivity index (χ2v) is 2.83. The first-order chi connectivity index (χ1) is 6.24. The molecule has 0 bridgehead atoms. The summed E-state index contributed by atoms with van der Waals surface area (Å²) >= 11 is 4.89. The lowest BCUT2D eigenvalue weighted by Crippen LogP contribution is -2.32. The van der Waals surface area contributed by atoms with Gasteiger partial charge in [0, 0.05) is 24.2 Å². The monoisotopic (exact) mass is 196 g/mol. The molecule has 1 heterocycles. The van der Waals surface area contributed by atoms with Crippen molar-refractivity contribution in [3.8, 4) is 0 Å². The summed E-state index contributed by atoms with van der Waals surface area (Å²) in [6.45, 7) is 4.39. The molecule has 0 radical (unpaired) electrons. The Morgan fingerprint density at radius 1 is 1.62 bits per heavy atom. The molecule has 0 aliphatic carbocycles. The van der Waals surface area contributed by atoms with Gasteiger partial charge in [-0.3, -0.25) is 0 Å². The second-order valence-electron chi connectivity index (χ2n) is 2.49. The Bertz CT molecular complexity index is 312. The molecule has 13 heavy (non-hydrogen) atoms. The number of hydrogen-bond donors (Lipinski definition) is 0. The van der Waals surface area contributed by atoms with Crippen molar-refractivity contribution in [3.63, 3.8) is 0 Å². The Kier molecular flexibility index (Phi) is 3.64. The lowest BCUT2D eigenvalue weighted by atomic mass is 10.4. The molecule has 3 nitrogen and oxygen atoms in total. The van der Waals surface area contributed by atoms with Gasteiger partial charge in [-0.2, -0.15) is 0 Å². The van der Waals surface area contributed by atoms with Crippen molar-refractivity contribution in [3.05, 3.63) is 30.1 Å². The topological polar surface area (TPSA) is 25.5 Å². The number of aromatic nitrogens is 1. The summed E-state index contributed by atoms with van der Waals surface area (Å²) in [5.74, 6) is 0. The Balaban J connectivity index is 2.84. The van der Waals surface area contributed by atoms with Crippen LogP contribution in [0.1, 0.15) is 12.6 Å². The van der Waals surface area contributed by atoms with Gasteiger partial charge in [0.25, 0.3) is 0 Å². The van der Waals surface area contributed by atoms with Crippen molar-refractivity contribution in [2.24, 2.45) is 5.10 Å². The Hall–Kier alpha value is -1.16. The maximum Gasteiger partial charge on any atom is 0.211 e. The van der Waals surface area contributed by atoms with E-state index in [1.807, 2.05) is 38.2 Å². The molecule has 0 spiro atoms. The van der Waals surface area contributed by atoms with Crippen LogP contribution in [0.4, 0.5) is 0 Å². The van der Waals surface area contributed by atoms with E-state index in [9.17, 15) is 0 Å². The van der Waals surface area contributed by atoms with Crippen molar-refractivity contribution in [2.75, 3.05) is 6.61 Å². The highest BCUT2D eigenvalue weighted by Crippen LogP contribution is 1.87. The number of hydrogen-bond acceptors (Lipinski definition) is 3. The molecular weight excluding hydrogens is 184 g/mol. The van der Waals surface area contributed by atoms with E-state index in [1.54, 1.807) is 4.68 Å². The number of pyridine rings is 1. The third-order valence-corrected chi connectivity index (χ3v) is 1.69. The summed E-state index contributed by atoms with van der Waals surface area (Å²) in [5.41, 5.74) is 1.02. The van der Waals surface area contributed by atoms with E-state index in [1.165, 1.54) is 0 Å². The summed E-state index contributed by atoms with van der Waals surface area (Å²) < 4.78 is 6.74. The highest BCUT2D eigenvalue weighted by molar-refractivity contribution is 7.76. The zero-order chi connectivity index (χ0) is 9.68. The highest BCUT2D eigenvalue weighted by Gasteiger charge is 2.00. The van der Waals surface area contributed by atoms with Crippen molar-refractivity contribution in [2.45, 2.75) is 13.8 Å². The van der Waals surface area contributed by atoms with Crippen molar-refractivity contribution in [1.82, 2.24) is 0 Å². The fourth-order valence-corrected chi connectivity index (χ4v) is 1.08. The fraction of sp³-hybridized carbons (Fsp3) is 0.333. The molecule has 0 aliphatic rings. The molecule has 1 rings (SSSR count). The van der Waals surface area contributed by atoms with Crippen LogP contribution in [0.25, 0.3) is 0 Å². The molecule has 0 saturated heterocycles. The summed E-state index contributed by atoms with van der Waals surface area (Å²) in [7, 11) is 0. The first-order valence-corrected chi connectivity index (χ1v) is 4.51. The van der Waals surface area contributed by atoms with Gasteiger partial charge in [0.2, 0.25) is 11.9 Å². The van der Waals surface area contributed by atoms with Crippen molar-refractivity contribution >= 4 is 17.9 Å². The van der Waals surface area contributed by atoms with E-state index in [4.69, 9.17) is 17.4 Å². The minimum Gasteiger partial charge on any atom is -0.716 e. The predicted molar refractivity (Wildman–Crippen MR) is 53.2 cm³/mol. The van der Waals surface area contributed by atoms with E-state index in [0.717, 1.165) is 5.69 Å². The van der Waals surface area contributed by atoms with E-state index >= 15 is 0 Å². The molecule has 70 valence electrons. The summed E-state index contributed by atoms with van der Waals surface area (Å²) in [6.07, 6.45) is 1.83. The standard InChI is InChI=1S/C9H12N2OS/c1-3-12-9(13)10-11-7-5-4-6-8(11)2/h4-7H,3H2,1-2H3. The third kappa shape index (κ3) is 2.99. The maximum absolute atomic E-state index is 5.04. The van der Waals surface area contributed by atoms with Crippen LogP contribution in [-0.4, -0.2) is 11.8 Å². The van der Waals surface area contributed by atoms with E-state index in [2.05, 4.69) is 5.10 Å². The van der Waals surface area contributed by atoms with Gasteiger partial charge in [-0.1, -0.05) is 4.68 Å². The van der Waals surface area contributed by atoms with E-state index in [0.29, 0.717) is 6.61 Å². The average Bonchev–Trinajstić information content (AvgIpc) is 2.09. The Labute approximate surface area is 83.5 Å². The number of aryl methyl sites for hydroxylation is 1. The molecule has 0 unspecified atom stereocenters. The molecule has 0 N–H and O–H groups in total. The molecular formula is C9H12N2OS. The lowest BCUT2D eigenvalue weighted by molar-refractivity contribution is -0.685. The SMILES string of the molecule is CCO/C([S-])=N/[n+]1ccccc1C. The van der Waals surface area contributed by atoms with Gasteiger partial charge < -0.3 is 17.4 Å². The van der Waals surface area contributed by atoms with Crippen LogP contribution >= 0.6 is 0 Å². The zero-order valence-electron chi connectivity index (χ0n) is 7.73. The smallest absolute Gasteiger partial charge is 0.211 e. The quantitative estimate of drug-likeness (QED) is 0.305. The van der Waals surface area contributed by atoms with Crippen LogP contribution in [0.5, 0.6) is 0 Å². The average molecular weight is 196 g/mol. The number of ether oxygens (including phenoxy) is 1. The fourth-order valence-electron chi connectivity index (χ4n) is 0.872. The molecule has 1 aromatic heterocycles. The van der Waals surface area contributed by atoms with Crippen LogP contribution in [0.2, 0.25) is 0 Å². The normalized spacial score (nSPS) is 11.4. The molecule has 0 aliphatic heterocycles. The molecule has 0 saturated carbocycles. The Morgan fingerprint density at radius 3 is 3.00 bits per heavy atom. The van der Waals surface area contributed by atoms with E-state index < -0.39 is 0 Å². The van der Waals surface area contributed by atoms with Crippen molar-refractivity contribution < 1.29 is 9.41 Å². The molecule has 0 aromatic carbocycles. The zero-order valence-corrected chi connectivity index (χ0v) is 8.54. The van der Waals surface area contributed by atoms with Crippen LogP contribution in [0.15, 0.2) is 29.5 Å². The van der Waals surface area contributed by atoms with Crippen LogP contribution in [0.3, 0.4) is 0 Å². The van der Waals surface area contributed by atoms with Crippen LogP contribution in [-0.2, 0) is 17.4 Å². The first kappa shape index (κ1) is 9.92. The second kappa shape index (κ2) is 4.77. The van der Waals surface area contributed by atoms with Gasteiger partial charge >= 0.3 is 0 Å². The van der Waals surface area contributed by atoms with Crippen molar-refractivity contribution in [1.29, 1.82) is 0 Å². The Morgan fingerprint density at radius 2 is 2.38 bits per heavy atom. The number of rotatable bonds is 2.